The Morgan fingerprint density at radius 1 is 1.18 bits per heavy atom. The molecule has 8 nitrogen and oxygen atoms in total. The van der Waals surface area contributed by atoms with Gasteiger partial charge in [-0.3, -0.25) is 9.78 Å². The molecule has 1 aliphatic heterocycles. The summed E-state index contributed by atoms with van der Waals surface area (Å²) in [5.41, 5.74) is 1.65. The van der Waals surface area contributed by atoms with Crippen molar-refractivity contribution in [3.05, 3.63) is 57.8 Å². The minimum atomic E-state index is -0.822. The second kappa shape index (κ2) is 14.7. The number of rotatable bonds is 11. The van der Waals surface area contributed by atoms with Gasteiger partial charge in [0.25, 0.3) is 0 Å². The molecule has 0 unspecified atom stereocenters. The zero-order valence-electron chi connectivity index (χ0n) is 23.5. The maximum absolute atomic E-state index is 13.6. The summed E-state index contributed by atoms with van der Waals surface area (Å²) in [5.74, 6) is 0.804. The number of halogens is 2. The van der Waals surface area contributed by atoms with Crippen molar-refractivity contribution in [2.75, 3.05) is 33.8 Å². The lowest BCUT2D eigenvalue weighted by Gasteiger charge is -2.35. The van der Waals surface area contributed by atoms with Gasteiger partial charge in [0, 0.05) is 47.7 Å². The minimum absolute atomic E-state index is 0.172. The third-order valence-electron chi connectivity index (χ3n) is 7.00. The number of alkyl carbamates (subject to hydrolysis) is 1. The van der Waals surface area contributed by atoms with Crippen molar-refractivity contribution in [1.29, 1.82) is 0 Å². The van der Waals surface area contributed by atoms with Crippen LogP contribution in [0.15, 0.2) is 36.5 Å². The first kappa shape index (κ1) is 31.0. The normalized spacial score (nSPS) is 15.8. The molecular weight excluding hydrogens is 539 g/mol. The number of carbonyl (C=O) groups is 2. The van der Waals surface area contributed by atoms with Crippen LogP contribution < -0.4 is 10.1 Å². The molecule has 3 rings (SSSR count). The van der Waals surface area contributed by atoms with Crippen LogP contribution in [0, 0.1) is 0 Å². The maximum atomic E-state index is 13.6. The summed E-state index contributed by atoms with van der Waals surface area (Å²) in [5, 5.41) is 3.70. The third-order valence-corrected chi connectivity index (χ3v) is 7.58. The Bertz CT molecular complexity index is 1110. The van der Waals surface area contributed by atoms with E-state index in [4.69, 9.17) is 32.7 Å². The number of hydrogen-bond donors (Lipinski definition) is 1. The summed E-state index contributed by atoms with van der Waals surface area (Å²) in [6.07, 6.45) is 3.55. The predicted molar refractivity (Wildman–Crippen MR) is 155 cm³/mol. The minimum Gasteiger partial charge on any atom is -0.490 e. The van der Waals surface area contributed by atoms with Crippen LogP contribution in [0.3, 0.4) is 0 Å². The largest absolute Gasteiger partial charge is 0.490 e. The standard InChI is InChI=1S/C29H40Cl2N4O4/c1-6-23(34(4)5)18-38-26-8-7-13-32-27(26)20-11-14-35(15-12-20)28(36)25(33-29(37)39-19(2)3)16-21-9-10-22(30)17-24(21)31/h7-10,13,17,19-20,23,25H,6,11-12,14-16,18H2,1-5H3,(H,33,37)/t23-,25-/m1/s1. The Morgan fingerprint density at radius 2 is 1.90 bits per heavy atom. The third kappa shape index (κ3) is 8.98. The number of ether oxygens (including phenoxy) is 2. The lowest BCUT2D eigenvalue weighted by molar-refractivity contribution is -0.134. The number of likely N-dealkylation sites (tertiary alicyclic amines) is 1. The summed E-state index contributed by atoms with van der Waals surface area (Å²) in [7, 11) is 4.11. The van der Waals surface area contributed by atoms with Crippen molar-refractivity contribution in [2.24, 2.45) is 0 Å². The van der Waals surface area contributed by atoms with E-state index in [0.29, 0.717) is 35.8 Å². The van der Waals surface area contributed by atoms with Gasteiger partial charge in [0.15, 0.2) is 0 Å². The maximum Gasteiger partial charge on any atom is 0.408 e. The van der Waals surface area contributed by atoms with E-state index in [9.17, 15) is 9.59 Å². The molecule has 1 aromatic carbocycles. The van der Waals surface area contributed by atoms with Gasteiger partial charge in [-0.1, -0.05) is 36.2 Å². The van der Waals surface area contributed by atoms with Crippen molar-refractivity contribution in [1.82, 2.24) is 20.1 Å². The number of aromatic nitrogens is 1. The molecular formula is C29H40Cl2N4O4. The van der Waals surface area contributed by atoms with Crippen LogP contribution in [0.25, 0.3) is 0 Å². The molecule has 0 spiro atoms. The van der Waals surface area contributed by atoms with E-state index in [1.54, 1.807) is 43.1 Å². The van der Waals surface area contributed by atoms with Gasteiger partial charge in [-0.25, -0.2) is 4.79 Å². The first-order valence-corrected chi connectivity index (χ1v) is 14.3. The van der Waals surface area contributed by atoms with Crippen LogP contribution in [0.5, 0.6) is 5.75 Å². The summed E-state index contributed by atoms with van der Waals surface area (Å²) < 4.78 is 11.5. The highest BCUT2D eigenvalue weighted by molar-refractivity contribution is 6.35. The summed E-state index contributed by atoms with van der Waals surface area (Å²) >= 11 is 12.4. The highest BCUT2D eigenvalue weighted by atomic mass is 35.5. The molecule has 2 amide bonds. The van der Waals surface area contributed by atoms with Crippen LogP contribution in [-0.2, 0) is 16.0 Å². The number of benzene rings is 1. The van der Waals surface area contributed by atoms with E-state index in [2.05, 4.69) is 36.2 Å². The van der Waals surface area contributed by atoms with Crippen molar-refractivity contribution in [3.63, 3.8) is 0 Å². The molecule has 0 aliphatic carbocycles. The summed E-state index contributed by atoms with van der Waals surface area (Å²) in [4.78, 5) is 34.7. The first-order chi connectivity index (χ1) is 18.6. The molecule has 1 fully saturated rings. The number of nitrogens with one attached hydrogen (secondary N) is 1. The summed E-state index contributed by atoms with van der Waals surface area (Å²) in [6.45, 7) is 7.34. The Hall–Kier alpha value is -2.55. The molecule has 0 bridgehead atoms. The predicted octanol–water partition coefficient (Wildman–Crippen LogP) is 5.56. The lowest BCUT2D eigenvalue weighted by Crippen LogP contribution is -2.52. The molecule has 2 aromatic rings. The Balaban J connectivity index is 1.69. The molecule has 2 heterocycles. The number of amides is 2. The quantitative estimate of drug-likeness (QED) is 0.376. The Kier molecular flexibility index (Phi) is 11.7. The van der Waals surface area contributed by atoms with Crippen LogP contribution in [0.1, 0.15) is 57.2 Å². The lowest BCUT2D eigenvalue weighted by atomic mass is 9.91. The van der Waals surface area contributed by atoms with E-state index in [1.807, 2.05) is 12.1 Å². The van der Waals surface area contributed by atoms with Gasteiger partial charge < -0.3 is 24.6 Å². The van der Waals surface area contributed by atoms with Crippen molar-refractivity contribution >= 4 is 35.2 Å². The molecule has 1 aromatic heterocycles. The molecule has 0 saturated carbocycles. The smallest absolute Gasteiger partial charge is 0.408 e. The molecule has 1 N–H and O–H groups in total. The highest BCUT2D eigenvalue weighted by Gasteiger charge is 2.32. The van der Waals surface area contributed by atoms with Gasteiger partial charge in [0.1, 0.15) is 18.4 Å². The number of nitrogens with zero attached hydrogens (tertiary/aromatic N) is 3. The molecule has 10 heteroatoms. The second-order valence-corrected chi connectivity index (χ2v) is 11.3. The van der Waals surface area contributed by atoms with Crippen LogP contribution in [0.4, 0.5) is 4.79 Å². The van der Waals surface area contributed by atoms with Crippen molar-refractivity contribution in [3.8, 4) is 5.75 Å². The SMILES string of the molecule is CC[C@H](COc1cccnc1C1CCN(C(=O)[C@@H](Cc2ccc(Cl)cc2Cl)NC(=O)OC(C)C)CC1)N(C)C. The summed E-state index contributed by atoms with van der Waals surface area (Å²) in [6, 6.07) is 8.48. The van der Waals surface area contributed by atoms with Gasteiger partial charge >= 0.3 is 6.09 Å². The first-order valence-electron chi connectivity index (χ1n) is 13.5. The average molecular weight is 580 g/mol. The molecule has 214 valence electrons. The zero-order chi connectivity index (χ0) is 28.5. The topological polar surface area (TPSA) is 84.0 Å². The van der Waals surface area contributed by atoms with Crippen LogP contribution in [0.2, 0.25) is 10.0 Å². The fourth-order valence-electron chi connectivity index (χ4n) is 4.74. The van der Waals surface area contributed by atoms with E-state index in [1.165, 1.54) is 0 Å². The second-order valence-electron chi connectivity index (χ2n) is 10.4. The zero-order valence-corrected chi connectivity index (χ0v) is 25.0. The number of piperidine rings is 1. The van der Waals surface area contributed by atoms with Gasteiger partial charge in [-0.2, -0.15) is 0 Å². The van der Waals surface area contributed by atoms with Gasteiger partial charge in [0.2, 0.25) is 5.91 Å². The van der Waals surface area contributed by atoms with Gasteiger partial charge in [-0.05, 0) is 77.0 Å². The van der Waals surface area contributed by atoms with E-state index in [0.717, 1.165) is 36.3 Å². The number of hydrogen-bond acceptors (Lipinski definition) is 6. The van der Waals surface area contributed by atoms with E-state index >= 15 is 0 Å². The van der Waals surface area contributed by atoms with E-state index < -0.39 is 12.1 Å². The van der Waals surface area contributed by atoms with Gasteiger partial charge in [0.05, 0.1) is 11.8 Å². The Labute approximate surface area is 241 Å². The van der Waals surface area contributed by atoms with Crippen molar-refractivity contribution in [2.45, 2.75) is 70.6 Å². The fraction of sp³-hybridized carbons (Fsp3) is 0.552. The number of likely N-dealkylation sites (N-methyl/N-ethyl adjacent to an activating group) is 1. The highest BCUT2D eigenvalue weighted by Crippen LogP contribution is 2.33. The molecule has 1 aliphatic rings. The monoisotopic (exact) mass is 578 g/mol. The van der Waals surface area contributed by atoms with Gasteiger partial charge in [-0.15, -0.1) is 0 Å². The fourth-order valence-corrected chi connectivity index (χ4v) is 5.23. The molecule has 2 atom stereocenters. The molecule has 39 heavy (non-hydrogen) atoms. The molecule has 0 radical (unpaired) electrons. The number of pyridine rings is 1. The van der Waals surface area contributed by atoms with Crippen LogP contribution >= 0.6 is 23.2 Å². The van der Waals surface area contributed by atoms with Crippen molar-refractivity contribution < 1.29 is 19.1 Å². The van der Waals surface area contributed by atoms with Crippen LogP contribution in [-0.4, -0.2) is 78.8 Å². The van der Waals surface area contributed by atoms with E-state index in [-0.39, 0.29) is 24.3 Å². The Morgan fingerprint density at radius 3 is 2.51 bits per heavy atom. The number of carbonyl (C=O) groups excluding carboxylic acids is 2. The molecule has 1 saturated heterocycles. The average Bonchev–Trinajstić information content (AvgIpc) is 2.89.